The highest BCUT2D eigenvalue weighted by Gasteiger charge is 2.23. The Labute approximate surface area is 127 Å². The number of anilines is 1. The van der Waals surface area contributed by atoms with Gasteiger partial charge in [0.15, 0.2) is 5.82 Å². The summed E-state index contributed by atoms with van der Waals surface area (Å²) < 4.78 is 54.4. The molecule has 0 saturated heterocycles. The normalized spacial score (nSPS) is 11.7. The van der Waals surface area contributed by atoms with Crippen molar-refractivity contribution in [2.75, 3.05) is 4.72 Å². The van der Waals surface area contributed by atoms with Gasteiger partial charge in [-0.05, 0) is 47.5 Å². The largest absolute Gasteiger partial charge is 0.274 e. The third-order valence-corrected chi connectivity index (χ3v) is 5.81. The van der Waals surface area contributed by atoms with E-state index in [0.717, 1.165) is 6.07 Å². The molecule has 0 bridgehead atoms. The van der Waals surface area contributed by atoms with E-state index in [-0.39, 0.29) is 10.5 Å². The highest BCUT2D eigenvalue weighted by atomic mass is 79.9. The second kappa shape index (κ2) is 5.42. The SMILES string of the molecule is Cc1ccc(F)c(NS(=O)(=O)c2cc(Br)sc2C)c1F. The summed E-state index contributed by atoms with van der Waals surface area (Å²) in [7, 11) is -4.03. The molecule has 0 spiro atoms. The van der Waals surface area contributed by atoms with E-state index in [1.54, 1.807) is 6.92 Å². The minimum absolute atomic E-state index is 0.00492. The zero-order valence-corrected chi connectivity index (χ0v) is 13.7. The monoisotopic (exact) mass is 381 g/mol. The predicted molar refractivity (Wildman–Crippen MR) is 78.7 cm³/mol. The standard InChI is InChI=1S/C12H10BrF2NO2S2/c1-6-3-4-8(14)12(11(6)15)16-20(17,18)9-5-10(13)19-7(9)2/h3-5,16H,1-2H3. The van der Waals surface area contributed by atoms with Crippen LogP contribution in [0.5, 0.6) is 0 Å². The highest BCUT2D eigenvalue weighted by Crippen LogP contribution is 2.32. The zero-order valence-electron chi connectivity index (χ0n) is 10.5. The molecule has 2 aromatic rings. The van der Waals surface area contributed by atoms with Crippen molar-refractivity contribution in [2.45, 2.75) is 18.7 Å². The molecule has 0 radical (unpaired) electrons. The number of sulfonamides is 1. The molecule has 8 heteroatoms. The van der Waals surface area contributed by atoms with Crippen molar-refractivity contribution >= 4 is 43.0 Å². The Bertz CT molecular complexity index is 772. The first-order chi connectivity index (χ1) is 9.22. The van der Waals surface area contributed by atoms with Crippen molar-refractivity contribution in [2.24, 2.45) is 0 Å². The van der Waals surface area contributed by atoms with Gasteiger partial charge in [-0.2, -0.15) is 0 Å². The fraction of sp³-hybridized carbons (Fsp3) is 0.167. The Balaban J connectivity index is 2.49. The van der Waals surface area contributed by atoms with Gasteiger partial charge < -0.3 is 0 Å². The molecular weight excluding hydrogens is 372 g/mol. The average molecular weight is 382 g/mol. The maximum absolute atomic E-state index is 13.8. The van der Waals surface area contributed by atoms with Crippen LogP contribution in [0.3, 0.4) is 0 Å². The van der Waals surface area contributed by atoms with Crippen LogP contribution in [0.15, 0.2) is 26.9 Å². The van der Waals surface area contributed by atoms with Crippen LogP contribution in [-0.2, 0) is 10.0 Å². The molecule has 0 saturated carbocycles. The second-order valence-corrected chi connectivity index (χ2v) is 8.42. The molecule has 1 N–H and O–H groups in total. The number of halogens is 3. The summed E-state index contributed by atoms with van der Waals surface area (Å²) in [6.45, 7) is 3.05. The lowest BCUT2D eigenvalue weighted by Gasteiger charge is -2.10. The molecule has 0 aliphatic heterocycles. The smallest absolute Gasteiger partial charge is 0.263 e. The number of nitrogens with one attached hydrogen (secondary N) is 1. The van der Waals surface area contributed by atoms with E-state index in [0.29, 0.717) is 8.66 Å². The number of hydrogen-bond donors (Lipinski definition) is 1. The van der Waals surface area contributed by atoms with E-state index < -0.39 is 27.3 Å². The van der Waals surface area contributed by atoms with E-state index >= 15 is 0 Å². The van der Waals surface area contributed by atoms with Gasteiger partial charge >= 0.3 is 0 Å². The highest BCUT2D eigenvalue weighted by molar-refractivity contribution is 9.11. The van der Waals surface area contributed by atoms with Crippen LogP contribution in [0.4, 0.5) is 14.5 Å². The van der Waals surface area contributed by atoms with Crippen LogP contribution in [0.25, 0.3) is 0 Å². The quantitative estimate of drug-likeness (QED) is 0.865. The lowest BCUT2D eigenvalue weighted by atomic mass is 10.2. The zero-order chi connectivity index (χ0) is 15.1. The Kier molecular flexibility index (Phi) is 4.17. The molecule has 20 heavy (non-hydrogen) atoms. The molecule has 1 aromatic heterocycles. The third kappa shape index (κ3) is 2.87. The summed E-state index contributed by atoms with van der Waals surface area (Å²) in [5.41, 5.74) is -0.501. The molecule has 0 atom stereocenters. The summed E-state index contributed by atoms with van der Waals surface area (Å²) >= 11 is 4.41. The predicted octanol–water partition coefficient (Wildman–Crippen LogP) is 4.21. The summed E-state index contributed by atoms with van der Waals surface area (Å²) in [6.07, 6.45) is 0. The number of rotatable bonds is 3. The Morgan fingerprint density at radius 2 is 1.90 bits per heavy atom. The lowest BCUT2D eigenvalue weighted by Crippen LogP contribution is -2.15. The first kappa shape index (κ1) is 15.4. The van der Waals surface area contributed by atoms with Gasteiger partial charge in [0.2, 0.25) is 0 Å². The van der Waals surface area contributed by atoms with Gasteiger partial charge in [-0.25, -0.2) is 17.2 Å². The molecule has 0 unspecified atom stereocenters. The van der Waals surface area contributed by atoms with Gasteiger partial charge in [-0.1, -0.05) is 6.07 Å². The summed E-state index contributed by atoms with van der Waals surface area (Å²) in [4.78, 5) is 0.521. The van der Waals surface area contributed by atoms with Crippen molar-refractivity contribution in [1.29, 1.82) is 0 Å². The first-order valence-electron chi connectivity index (χ1n) is 5.45. The lowest BCUT2D eigenvalue weighted by molar-refractivity contribution is 0.578. The van der Waals surface area contributed by atoms with Crippen LogP contribution < -0.4 is 4.72 Å². The molecule has 3 nitrogen and oxygen atoms in total. The molecule has 1 heterocycles. The number of hydrogen-bond acceptors (Lipinski definition) is 3. The van der Waals surface area contributed by atoms with Crippen LogP contribution in [0.2, 0.25) is 0 Å². The molecule has 0 fully saturated rings. The Morgan fingerprint density at radius 1 is 1.25 bits per heavy atom. The molecule has 0 amide bonds. The van der Waals surface area contributed by atoms with Crippen molar-refractivity contribution in [1.82, 2.24) is 0 Å². The summed E-state index contributed by atoms with van der Waals surface area (Å²) in [5.74, 6) is -1.87. The van der Waals surface area contributed by atoms with Gasteiger partial charge in [-0.15, -0.1) is 11.3 Å². The van der Waals surface area contributed by atoms with Crippen LogP contribution in [0.1, 0.15) is 10.4 Å². The van der Waals surface area contributed by atoms with Crippen molar-refractivity contribution in [3.8, 4) is 0 Å². The van der Waals surface area contributed by atoms with E-state index in [2.05, 4.69) is 15.9 Å². The van der Waals surface area contributed by atoms with Gasteiger partial charge in [0.05, 0.1) is 3.79 Å². The maximum Gasteiger partial charge on any atom is 0.263 e. The fourth-order valence-corrected chi connectivity index (χ4v) is 5.12. The van der Waals surface area contributed by atoms with Crippen molar-refractivity contribution in [3.63, 3.8) is 0 Å². The Morgan fingerprint density at radius 3 is 2.45 bits per heavy atom. The van der Waals surface area contributed by atoms with Gasteiger partial charge in [0, 0.05) is 4.88 Å². The van der Waals surface area contributed by atoms with Crippen molar-refractivity contribution < 1.29 is 17.2 Å². The third-order valence-electron chi connectivity index (χ3n) is 2.65. The summed E-state index contributed by atoms with van der Waals surface area (Å²) in [6, 6.07) is 3.66. The van der Waals surface area contributed by atoms with Crippen LogP contribution in [-0.4, -0.2) is 8.42 Å². The Hall–Kier alpha value is -0.990. The number of thiophene rings is 1. The minimum atomic E-state index is -4.03. The maximum atomic E-state index is 13.8. The van der Waals surface area contributed by atoms with E-state index in [4.69, 9.17) is 0 Å². The van der Waals surface area contributed by atoms with Gasteiger partial charge in [-0.3, -0.25) is 4.72 Å². The second-order valence-electron chi connectivity index (χ2n) is 4.13. The van der Waals surface area contributed by atoms with Gasteiger partial charge in [0.25, 0.3) is 10.0 Å². The molecule has 1 aromatic carbocycles. The fourth-order valence-electron chi connectivity index (χ4n) is 1.64. The molecule has 0 aliphatic rings. The summed E-state index contributed by atoms with van der Waals surface area (Å²) in [5, 5.41) is 0. The average Bonchev–Trinajstić information content (AvgIpc) is 2.70. The molecular formula is C12H10BrF2NO2S2. The van der Waals surface area contributed by atoms with E-state index in [1.807, 2.05) is 4.72 Å². The van der Waals surface area contributed by atoms with Crippen molar-refractivity contribution in [3.05, 3.63) is 44.1 Å². The van der Waals surface area contributed by atoms with Crippen LogP contribution in [0, 0.1) is 25.5 Å². The number of benzene rings is 1. The molecule has 0 aliphatic carbocycles. The minimum Gasteiger partial charge on any atom is -0.274 e. The van der Waals surface area contributed by atoms with Gasteiger partial charge in [0.1, 0.15) is 16.4 Å². The molecule has 108 valence electrons. The van der Waals surface area contributed by atoms with Crippen LogP contribution >= 0.6 is 27.3 Å². The number of aryl methyl sites for hydroxylation is 2. The molecule has 2 rings (SSSR count). The van der Waals surface area contributed by atoms with E-state index in [9.17, 15) is 17.2 Å². The van der Waals surface area contributed by atoms with E-state index in [1.165, 1.54) is 30.4 Å². The topological polar surface area (TPSA) is 46.2 Å². The first-order valence-corrected chi connectivity index (χ1v) is 8.55.